The van der Waals surface area contributed by atoms with Crippen molar-refractivity contribution >= 4 is 29.2 Å². The number of thiazole rings is 1. The van der Waals surface area contributed by atoms with Gasteiger partial charge < -0.3 is 9.47 Å². The Morgan fingerprint density at radius 3 is 2.42 bits per heavy atom. The van der Waals surface area contributed by atoms with Crippen molar-refractivity contribution in [3.05, 3.63) is 68.5 Å². The summed E-state index contributed by atoms with van der Waals surface area (Å²) in [4.78, 5) is 14.9. The number of benzene rings is 2. The summed E-state index contributed by atoms with van der Waals surface area (Å²) in [6.07, 6.45) is 3.76. The number of methoxy groups -OCH3 is 2. The van der Waals surface area contributed by atoms with Crippen molar-refractivity contribution in [3.8, 4) is 22.8 Å². The van der Waals surface area contributed by atoms with Crippen molar-refractivity contribution in [2.45, 2.75) is 0 Å². The van der Waals surface area contributed by atoms with Crippen LogP contribution in [-0.2, 0) is 0 Å². The third kappa shape index (κ3) is 3.89. The van der Waals surface area contributed by atoms with E-state index in [0.29, 0.717) is 11.5 Å². The smallest absolute Gasteiger partial charge is 0.269 e. The zero-order valence-corrected chi connectivity index (χ0v) is 15.0. The zero-order chi connectivity index (χ0) is 18.5. The summed E-state index contributed by atoms with van der Waals surface area (Å²) in [5, 5.41) is 13.5. The van der Waals surface area contributed by atoms with Crippen molar-refractivity contribution in [2.24, 2.45) is 0 Å². The molecule has 0 amide bonds. The van der Waals surface area contributed by atoms with Crippen LogP contribution in [0.3, 0.4) is 0 Å². The van der Waals surface area contributed by atoms with Crippen LogP contribution in [0.4, 0.5) is 5.69 Å². The van der Waals surface area contributed by atoms with Gasteiger partial charge in [-0.15, -0.1) is 11.3 Å². The fourth-order valence-corrected chi connectivity index (χ4v) is 3.09. The Kier molecular flexibility index (Phi) is 5.28. The average Bonchev–Trinajstić information content (AvgIpc) is 3.15. The Labute approximate surface area is 154 Å². The molecule has 0 aliphatic carbocycles. The van der Waals surface area contributed by atoms with Crippen molar-refractivity contribution in [2.75, 3.05) is 14.2 Å². The fourth-order valence-electron chi connectivity index (χ4n) is 2.37. The number of aromatic nitrogens is 1. The van der Waals surface area contributed by atoms with E-state index in [1.807, 2.05) is 35.7 Å². The van der Waals surface area contributed by atoms with Gasteiger partial charge in [-0.2, -0.15) is 0 Å². The number of rotatable bonds is 6. The van der Waals surface area contributed by atoms with Gasteiger partial charge in [-0.05, 0) is 42.0 Å². The highest BCUT2D eigenvalue weighted by atomic mass is 32.1. The largest absolute Gasteiger partial charge is 0.493 e. The fraction of sp³-hybridized carbons (Fsp3) is 0.105. The molecule has 0 saturated heterocycles. The molecule has 6 nitrogen and oxygen atoms in total. The Hall–Kier alpha value is -3.19. The van der Waals surface area contributed by atoms with Crippen LogP contribution >= 0.6 is 11.3 Å². The summed E-state index contributed by atoms with van der Waals surface area (Å²) >= 11 is 1.52. The van der Waals surface area contributed by atoms with E-state index >= 15 is 0 Å². The molecule has 26 heavy (non-hydrogen) atoms. The van der Waals surface area contributed by atoms with Crippen LogP contribution in [0.5, 0.6) is 11.5 Å². The van der Waals surface area contributed by atoms with E-state index in [1.54, 1.807) is 26.4 Å². The molecule has 0 saturated carbocycles. The standard InChI is InChI=1S/C19H16N2O4S/c1-24-17-9-6-14(11-18(17)25-2)16-12-26-19(20-16)10-5-13-3-7-15(8-4-13)21(22)23/h3-12H,1-2H3/b10-5+. The van der Waals surface area contributed by atoms with Crippen LogP contribution in [0.2, 0.25) is 0 Å². The van der Waals surface area contributed by atoms with E-state index in [9.17, 15) is 10.1 Å². The minimum Gasteiger partial charge on any atom is -0.493 e. The van der Waals surface area contributed by atoms with Crippen LogP contribution in [0.15, 0.2) is 47.8 Å². The normalized spacial score (nSPS) is 10.8. The Balaban J connectivity index is 1.78. The number of hydrogen-bond donors (Lipinski definition) is 0. The predicted molar refractivity (Wildman–Crippen MR) is 103 cm³/mol. The van der Waals surface area contributed by atoms with Gasteiger partial charge >= 0.3 is 0 Å². The zero-order valence-electron chi connectivity index (χ0n) is 14.2. The van der Waals surface area contributed by atoms with Gasteiger partial charge in [0, 0.05) is 23.1 Å². The van der Waals surface area contributed by atoms with Gasteiger partial charge in [0.2, 0.25) is 0 Å². The van der Waals surface area contributed by atoms with Gasteiger partial charge in [0.15, 0.2) is 11.5 Å². The predicted octanol–water partition coefficient (Wildman–Crippen LogP) is 4.91. The Morgan fingerprint density at radius 1 is 1.04 bits per heavy atom. The SMILES string of the molecule is COc1ccc(-c2csc(/C=C/c3ccc([N+](=O)[O-])cc3)n2)cc1OC. The van der Waals surface area contributed by atoms with E-state index in [4.69, 9.17) is 9.47 Å². The second kappa shape index (κ2) is 7.79. The number of ether oxygens (including phenoxy) is 2. The summed E-state index contributed by atoms with van der Waals surface area (Å²) < 4.78 is 10.6. The quantitative estimate of drug-likeness (QED) is 0.457. The molecule has 0 spiro atoms. The molecule has 0 aliphatic rings. The highest BCUT2D eigenvalue weighted by Gasteiger charge is 2.08. The van der Waals surface area contributed by atoms with Gasteiger partial charge in [0.05, 0.1) is 24.8 Å². The first kappa shape index (κ1) is 17.6. The molecule has 3 aromatic rings. The molecule has 1 aromatic heterocycles. The first-order chi connectivity index (χ1) is 12.6. The summed E-state index contributed by atoms with van der Waals surface area (Å²) in [5.74, 6) is 1.32. The number of hydrogen-bond acceptors (Lipinski definition) is 6. The van der Waals surface area contributed by atoms with E-state index in [1.165, 1.54) is 23.5 Å². The maximum absolute atomic E-state index is 10.7. The molecule has 3 rings (SSSR count). The molecule has 0 bridgehead atoms. The van der Waals surface area contributed by atoms with Crippen molar-refractivity contribution in [1.29, 1.82) is 0 Å². The monoisotopic (exact) mass is 368 g/mol. The maximum atomic E-state index is 10.7. The second-order valence-corrected chi connectivity index (χ2v) is 6.21. The Morgan fingerprint density at radius 2 is 1.77 bits per heavy atom. The van der Waals surface area contributed by atoms with Gasteiger partial charge in [0.1, 0.15) is 5.01 Å². The molecule has 0 atom stereocenters. The van der Waals surface area contributed by atoms with Crippen molar-refractivity contribution in [3.63, 3.8) is 0 Å². The number of nitrogens with zero attached hydrogens (tertiary/aromatic N) is 2. The lowest BCUT2D eigenvalue weighted by molar-refractivity contribution is -0.384. The van der Waals surface area contributed by atoms with Crippen LogP contribution in [-0.4, -0.2) is 24.1 Å². The van der Waals surface area contributed by atoms with Crippen molar-refractivity contribution in [1.82, 2.24) is 4.98 Å². The van der Waals surface area contributed by atoms with Crippen LogP contribution in [0.25, 0.3) is 23.4 Å². The lowest BCUT2D eigenvalue weighted by Crippen LogP contribution is -1.90. The third-order valence-corrected chi connectivity index (χ3v) is 4.53. The van der Waals surface area contributed by atoms with Gasteiger partial charge in [-0.3, -0.25) is 10.1 Å². The minimum absolute atomic E-state index is 0.0761. The number of non-ortho nitro benzene ring substituents is 1. The van der Waals surface area contributed by atoms with E-state index in [2.05, 4.69) is 4.98 Å². The first-order valence-corrected chi connectivity index (χ1v) is 8.59. The second-order valence-electron chi connectivity index (χ2n) is 5.32. The van der Waals surface area contributed by atoms with Crippen LogP contribution in [0.1, 0.15) is 10.6 Å². The van der Waals surface area contributed by atoms with Gasteiger partial charge in [-0.1, -0.05) is 6.08 Å². The maximum Gasteiger partial charge on any atom is 0.269 e. The summed E-state index contributed by atoms with van der Waals surface area (Å²) in [6, 6.07) is 12.0. The topological polar surface area (TPSA) is 74.5 Å². The summed E-state index contributed by atoms with van der Waals surface area (Å²) in [7, 11) is 3.20. The van der Waals surface area contributed by atoms with E-state index in [-0.39, 0.29) is 5.69 Å². The molecule has 2 aromatic carbocycles. The third-order valence-electron chi connectivity index (χ3n) is 3.72. The average molecular weight is 368 g/mol. The lowest BCUT2D eigenvalue weighted by atomic mass is 10.1. The van der Waals surface area contributed by atoms with E-state index in [0.717, 1.165) is 21.8 Å². The molecule has 0 aliphatic heterocycles. The molecular formula is C19H16N2O4S. The molecule has 0 unspecified atom stereocenters. The molecule has 0 fully saturated rings. The number of nitro groups is 1. The molecule has 1 heterocycles. The highest BCUT2D eigenvalue weighted by Crippen LogP contribution is 2.32. The summed E-state index contributed by atoms with van der Waals surface area (Å²) in [6.45, 7) is 0. The van der Waals surface area contributed by atoms with E-state index < -0.39 is 4.92 Å². The van der Waals surface area contributed by atoms with Gasteiger partial charge in [0.25, 0.3) is 5.69 Å². The first-order valence-electron chi connectivity index (χ1n) is 7.71. The Bertz CT molecular complexity index is 948. The lowest BCUT2D eigenvalue weighted by Gasteiger charge is -2.08. The minimum atomic E-state index is -0.413. The van der Waals surface area contributed by atoms with Crippen molar-refractivity contribution < 1.29 is 14.4 Å². The molecule has 0 radical (unpaired) electrons. The molecule has 132 valence electrons. The number of nitro benzene ring substituents is 1. The summed E-state index contributed by atoms with van der Waals surface area (Å²) in [5.41, 5.74) is 2.73. The van der Waals surface area contributed by atoms with Crippen LogP contribution < -0.4 is 9.47 Å². The molecule has 0 N–H and O–H groups in total. The molecular weight excluding hydrogens is 352 g/mol. The highest BCUT2D eigenvalue weighted by molar-refractivity contribution is 7.10. The molecule has 7 heteroatoms. The van der Waals surface area contributed by atoms with Crippen LogP contribution in [0, 0.1) is 10.1 Å². The van der Waals surface area contributed by atoms with Gasteiger partial charge in [-0.25, -0.2) is 4.98 Å².